The van der Waals surface area contributed by atoms with Gasteiger partial charge in [-0.3, -0.25) is 0 Å². The molecule has 1 aromatic rings. The number of hydrogen-bond acceptors (Lipinski definition) is 4. The van der Waals surface area contributed by atoms with Gasteiger partial charge < -0.3 is 10.1 Å². The summed E-state index contributed by atoms with van der Waals surface area (Å²) < 4.78 is 31.9. The first-order valence-electron chi connectivity index (χ1n) is 5.88. The highest BCUT2D eigenvalue weighted by molar-refractivity contribution is 7.89. The van der Waals surface area contributed by atoms with Gasteiger partial charge in [-0.1, -0.05) is 0 Å². The molecule has 0 atom stereocenters. The molecule has 1 aliphatic rings. The van der Waals surface area contributed by atoms with E-state index in [0.717, 1.165) is 18.5 Å². The average molecular weight is 270 g/mol. The first kappa shape index (κ1) is 13.3. The zero-order valence-electron chi connectivity index (χ0n) is 10.5. The lowest BCUT2D eigenvalue weighted by Gasteiger charge is -2.34. The van der Waals surface area contributed by atoms with Crippen molar-refractivity contribution in [1.82, 2.24) is 4.72 Å². The molecule has 0 bridgehead atoms. The molecule has 0 saturated heterocycles. The second-order valence-corrected chi connectivity index (χ2v) is 6.14. The summed E-state index contributed by atoms with van der Waals surface area (Å²) >= 11 is 0. The fourth-order valence-electron chi connectivity index (χ4n) is 1.94. The third kappa shape index (κ3) is 2.82. The first-order valence-corrected chi connectivity index (χ1v) is 7.36. The number of anilines is 1. The largest absolute Gasteiger partial charge is 0.388 e. The summed E-state index contributed by atoms with van der Waals surface area (Å²) in [6.07, 6.45) is 1.67. The van der Waals surface area contributed by atoms with E-state index in [4.69, 9.17) is 4.74 Å². The number of ether oxygens (including phenoxy) is 1. The molecule has 1 aliphatic carbocycles. The van der Waals surface area contributed by atoms with Crippen molar-refractivity contribution in [2.24, 2.45) is 0 Å². The second kappa shape index (κ2) is 5.26. The summed E-state index contributed by atoms with van der Waals surface area (Å²) in [5.74, 6) is 0. The fraction of sp³-hybridized carbons (Fsp3) is 0.500. The van der Waals surface area contributed by atoms with Crippen LogP contribution in [0.25, 0.3) is 0 Å². The highest BCUT2D eigenvalue weighted by atomic mass is 32.2. The minimum absolute atomic E-state index is 0.0103. The Balaban J connectivity index is 2.02. The molecule has 0 spiro atoms. The molecule has 0 radical (unpaired) electrons. The van der Waals surface area contributed by atoms with Crippen LogP contribution in [0, 0.1) is 0 Å². The Kier molecular flexibility index (Phi) is 3.89. The quantitative estimate of drug-likeness (QED) is 0.843. The number of hydrogen-bond donors (Lipinski definition) is 2. The van der Waals surface area contributed by atoms with E-state index in [0.29, 0.717) is 4.90 Å². The lowest BCUT2D eigenvalue weighted by molar-refractivity contribution is 0.0236. The van der Waals surface area contributed by atoms with Crippen molar-refractivity contribution in [3.8, 4) is 0 Å². The van der Waals surface area contributed by atoms with Gasteiger partial charge in [-0.2, -0.15) is 0 Å². The Morgan fingerprint density at radius 1 is 1.22 bits per heavy atom. The van der Waals surface area contributed by atoms with Gasteiger partial charge in [0.25, 0.3) is 0 Å². The monoisotopic (exact) mass is 270 g/mol. The first-order chi connectivity index (χ1) is 8.55. The summed E-state index contributed by atoms with van der Waals surface area (Å²) in [4.78, 5) is 0.294. The summed E-state index contributed by atoms with van der Waals surface area (Å²) in [6, 6.07) is 6.67. The van der Waals surface area contributed by atoms with Crippen molar-refractivity contribution in [2.75, 3.05) is 19.5 Å². The number of nitrogens with one attached hydrogen (secondary N) is 2. The van der Waals surface area contributed by atoms with E-state index in [-0.39, 0.29) is 12.1 Å². The lowest BCUT2D eigenvalue weighted by Crippen LogP contribution is -2.47. The predicted molar refractivity (Wildman–Crippen MR) is 70.1 cm³/mol. The minimum atomic E-state index is -3.41. The van der Waals surface area contributed by atoms with E-state index in [9.17, 15) is 8.42 Å². The summed E-state index contributed by atoms with van der Waals surface area (Å²) in [5.41, 5.74) is 0.886. The van der Waals surface area contributed by atoms with Crippen LogP contribution in [-0.2, 0) is 14.8 Å². The van der Waals surface area contributed by atoms with Crippen molar-refractivity contribution in [3.63, 3.8) is 0 Å². The topological polar surface area (TPSA) is 67.4 Å². The van der Waals surface area contributed by atoms with Gasteiger partial charge in [0.2, 0.25) is 10.0 Å². The van der Waals surface area contributed by atoms with Crippen LogP contribution in [0.3, 0.4) is 0 Å². The molecule has 100 valence electrons. The summed E-state index contributed by atoms with van der Waals surface area (Å²) in [7, 11) is 0.0270. The van der Waals surface area contributed by atoms with Crippen molar-refractivity contribution < 1.29 is 13.2 Å². The number of benzene rings is 1. The van der Waals surface area contributed by atoms with Gasteiger partial charge in [0.1, 0.15) is 0 Å². The van der Waals surface area contributed by atoms with Crippen molar-refractivity contribution in [1.29, 1.82) is 0 Å². The number of methoxy groups -OCH3 is 1. The van der Waals surface area contributed by atoms with Crippen LogP contribution in [0.2, 0.25) is 0 Å². The number of sulfonamides is 1. The van der Waals surface area contributed by atoms with Crippen molar-refractivity contribution in [3.05, 3.63) is 24.3 Å². The van der Waals surface area contributed by atoms with E-state index in [1.165, 1.54) is 0 Å². The third-order valence-electron chi connectivity index (χ3n) is 3.20. The third-order valence-corrected chi connectivity index (χ3v) is 4.74. The maximum Gasteiger partial charge on any atom is 0.240 e. The van der Waals surface area contributed by atoms with Crippen LogP contribution >= 0.6 is 0 Å². The lowest BCUT2D eigenvalue weighted by atomic mass is 9.90. The van der Waals surface area contributed by atoms with E-state index in [1.54, 1.807) is 38.4 Å². The van der Waals surface area contributed by atoms with Crippen LogP contribution in [0.5, 0.6) is 0 Å². The van der Waals surface area contributed by atoms with Crippen LogP contribution in [0.1, 0.15) is 12.8 Å². The van der Waals surface area contributed by atoms with Crippen LogP contribution in [0.15, 0.2) is 29.2 Å². The Labute approximate surface area is 108 Å². The smallest absolute Gasteiger partial charge is 0.240 e. The van der Waals surface area contributed by atoms with Gasteiger partial charge in [0.15, 0.2) is 0 Å². The Bertz CT molecular complexity index is 493. The minimum Gasteiger partial charge on any atom is -0.388 e. The molecule has 0 aromatic heterocycles. The highest BCUT2D eigenvalue weighted by Crippen LogP contribution is 2.24. The van der Waals surface area contributed by atoms with Gasteiger partial charge in [0, 0.05) is 25.9 Å². The summed E-state index contributed by atoms with van der Waals surface area (Å²) in [5, 5.41) is 2.95. The molecule has 1 fully saturated rings. The molecule has 0 unspecified atom stereocenters. The Morgan fingerprint density at radius 3 is 2.33 bits per heavy atom. The van der Waals surface area contributed by atoms with E-state index in [2.05, 4.69) is 10.0 Å². The fourth-order valence-corrected chi connectivity index (χ4v) is 3.20. The van der Waals surface area contributed by atoms with Gasteiger partial charge in [-0.15, -0.1) is 0 Å². The Hall–Kier alpha value is -1.11. The van der Waals surface area contributed by atoms with Crippen molar-refractivity contribution >= 4 is 15.7 Å². The molecule has 1 aromatic carbocycles. The maximum absolute atomic E-state index is 12.1. The molecule has 2 N–H and O–H groups in total. The molecule has 0 amide bonds. The second-order valence-electron chi connectivity index (χ2n) is 4.42. The molecular formula is C12H18N2O3S. The summed E-state index contributed by atoms with van der Waals surface area (Å²) in [6.45, 7) is 0. The van der Waals surface area contributed by atoms with E-state index < -0.39 is 10.0 Å². The highest BCUT2D eigenvalue weighted by Gasteiger charge is 2.32. The SMILES string of the molecule is CNc1ccc(S(=O)(=O)NC2CC(OC)C2)cc1. The van der Waals surface area contributed by atoms with Crippen LogP contribution in [0.4, 0.5) is 5.69 Å². The molecule has 1 saturated carbocycles. The van der Waals surface area contributed by atoms with Gasteiger partial charge in [-0.25, -0.2) is 13.1 Å². The molecular weight excluding hydrogens is 252 g/mol. The van der Waals surface area contributed by atoms with Gasteiger partial charge in [0.05, 0.1) is 11.0 Å². The van der Waals surface area contributed by atoms with Crippen LogP contribution < -0.4 is 10.0 Å². The normalized spacial score (nSPS) is 23.4. The van der Waals surface area contributed by atoms with E-state index >= 15 is 0 Å². The molecule has 0 heterocycles. The molecule has 5 nitrogen and oxygen atoms in total. The predicted octanol–water partition coefficient (Wildman–Crippen LogP) is 1.18. The molecule has 18 heavy (non-hydrogen) atoms. The van der Waals surface area contributed by atoms with Crippen molar-refractivity contribution in [2.45, 2.75) is 29.9 Å². The molecule has 0 aliphatic heterocycles. The maximum atomic E-state index is 12.1. The van der Waals surface area contributed by atoms with Crippen LogP contribution in [-0.4, -0.2) is 34.7 Å². The molecule has 6 heteroatoms. The Morgan fingerprint density at radius 2 is 1.83 bits per heavy atom. The standard InChI is InChI=1S/C12H18N2O3S/c1-13-9-3-5-12(6-4-9)18(15,16)14-10-7-11(8-10)17-2/h3-6,10-11,13-14H,7-8H2,1-2H3. The van der Waals surface area contributed by atoms with Gasteiger partial charge in [-0.05, 0) is 37.1 Å². The number of rotatable bonds is 5. The zero-order valence-corrected chi connectivity index (χ0v) is 11.3. The molecule has 2 rings (SSSR count). The zero-order chi connectivity index (χ0) is 13.2. The average Bonchev–Trinajstić information content (AvgIpc) is 2.33. The van der Waals surface area contributed by atoms with E-state index in [1.807, 2.05) is 0 Å². The van der Waals surface area contributed by atoms with Gasteiger partial charge >= 0.3 is 0 Å².